The highest BCUT2D eigenvalue weighted by Gasteiger charge is 2.20. The summed E-state index contributed by atoms with van der Waals surface area (Å²) in [5.41, 5.74) is 0. The maximum absolute atomic E-state index is 12.5. The average Bonchev–Trinajstić information content (AvgIpc) is 3.37. The Labute approximate surface area is 448 Å². The van der Waals surface area contributed by atoms with Crippen molar-refractivity contribution in [2.45, 2.75) is 418 Å². The second-order valence-electron chi connectivity index (χ2n) is 23.6. The number of carbonyl (C=O) groups excluding carboxylic acids is 1. The third-order valence-electron chi connectivity index (χ3n) is 16.4. The molecular formula is C67H135NO3. The molecule has 0 aromatic heterocycles. The van der Waals surface area contributed by atoms with Crippen LogP contribution < -0.4 is 5.32 Å². The van der Waals surface area contributed by atoms with Crippen LogP contribution in [0.4, 0.5) is 0 Å². The average molecular weight is 1000 g/mol. The highest BCUT2D eigenvalue weighted by molar-refractivity contribution is 5.76. The Bertz CT molecular complexity index is 956. The van der Waals surface area contributed by atoms with Gasteiger partial charge in [-0.3, -0.25) is 4.79 Å². The molecule has 1 amide bonds. The van der Waals surface area contributed by atoms with Crippen LogP contribution in [0.15, 0.2) is 0 Å². The van der Waals surface area contributed by atoms with Crippen LogP contribution in [0, 0.1) is 0 Å². The maximum Gasteiger partial charge on any atom is 0.220 e. The highest BCUT2D eigenvalue weighted by Crippen LogP contribution is 2.20. The molecule has 0 fully saturated rings. The molecule has 426 valence electrons. The smallest absolute Gasteiger partial charge is 0.220 e. The summed E-state index contributed by atoms with van der Waals surface area (Å²) in [5.74, 6) is -0.0201. The molecular weight excluding hydrogens is 867 g/mol. The summed E-state index contributed by atoms with van der Waals surface area (Å²) in [6.45, 7) is 4.42. The van der Waals surface area contributed by atoms with Crippen LogP contribution in [0.2, 0.25) is 0 Å². The first-order valence-corrected chi connectivity index (χ1v) is 33.7. The van der Waals surface area contributed by atoms with E-state index in [4.69, 9.17) is 0 Å². The number of aliphatic hydroxyl groups is 2. The van der Waals surface area contributed by atoms with Crippen molar-refractivity contribution < 1.29 is 15.0 Å². The Morgan fingerprint density at radius 3 is 0.634 bits per heavy atom. The fourth-order valence-corrected chi connectivity index (χ4v) is 11.3. The maximum atomic E-state index is 12.5. The van der Waals surface area contributed by atoms with Crippen molar-refractivity contribution >= 4 is 5.91 Å². The summed E-state index contributed by atoms with van der Waals surface area (Å²) in [5, 5.41) is 23.4. The molecule has 4 heteroatoms. The molecule has 0 aliphatic rings. The first kappa shape index (κ1) is 70.4. The lowest BCUT2D eigenvalue weighted by Crippen LogP contribution is -2.45. The van der Waals surface area contributed by atoms with Crippen LogP contribution in [0.1, 0.15) is 406 Å². The highest BCUT2D eigenvalue weighted by atomic mass is 16.3. The zero-order valence-electron chi connectivity index (χ0n) is 49.3. The van der Waals surface area contributed by atoms with Gasteiger partial charge in [0, 0.05) is 6.42 Å². The van der Waals surface area contributed by atoms with E-state index in [1.165, 1.54) is 353 Å². The number of hydrogen-bond acceptors (Lipinski definition) is 3. The third kappa shape index (κ3) is 60.1. The summed E-state index contributed by atoms with van der Waals surface area (Å²) in [6.07, 6.45) is 83.0. The monoisotopic (exact) mass is 1000 g/mol. The van der Waals surface area contributed by atoms with Crippen molar-refractivity contribution in [3.8, 4) is 0 Å². The number of rotatable bonds is 64. The first-order chi connectivity index (χ1) is 35.2. The lowest BCUT2D eigenvalue weighted by molar-refractivity contribution is -0.123. The van der Waals surface area contributed by atoms with E-state index in [1.807, 2.05) is 0 Å². The minimum Gasteiger partial charge on any atom is -0.394 e. The predicted molar refractivity (Wildman–Crippen MR) is 318 cm³/mol. The number of aliphatic hydroxyl groups excluding tert-OH is 2. The molecule has 0 bridgehead atoms. The Kier molecular flexibility index (Phi) is 63.1. The van der Waals surface area contributed by atoms with Gasteiger partial charge in [-0.25, -0.2) is 0 Å². The van der Waals surface area contributed by atoms with Crippen LogP contribution in [-0.4, -0.2) is 34.9 Å². The van der Waals surface area contributed by atoms with Crippen molar-refractivity contribution in [3.63, 3.8) is 0 Å². The van der Waals surface area contributed by atoms with Crippen molar-refractivity contribution in [1.82, 2.24) is 5.32 Å². The SMILES string of the molecule is CCCCCCCCCCCCCCCCCCCCCCCCCCCCCCCCCCCCCCCCC(=O)NC(CO)C(O)CCCCCCCCCCCCCCCCCCCCCCC. The molecule has 0 saturated heterocycles. The van der Waals surface area contributed by atoms with E-state index in [0.717, 1.165) is 25.7 Å². The predicted octanol–water partition coefficient (Wildman–Crippen LogP) is 22.7. The van der Waals surface area contributed by atoms with Crippen molar-refractivity contribution in [3.05, 3.63) is 0 Å². The Morgan fingerprint density at radius 1 is 0.282 bits per heavy atom. The fourth-order valence-electron chi connectivity index (χ4n) is 11.3. The third-order valence-corrected chi connectivity index (χ3v) is 16.4. The summed E-state index contributed by atoms with van der Waals surface area (Å²) in [7, 11) is 0. The van der Waals surface area contributed by atoms with Crippen molar-refractivity contribution in [1.29, 1.82) is 0 Å². The van der Waals surface area contributed by atoms with E-state index in [1.54, 1.807) is 0 Å². The van der Waals surface area contributed by atoms with Crippen molar-refractivity contribution in [2.75, 3.05) is 6.61 Å². The van der Waals surface area contributed by atoms with Gasteiger partial charge in [-0.2, -0.15) is 0 Å². The second kappa shape index (κ2) is 63.7. The number of hydrogen-bond donors (Lipinski definition) is 3. The van der Waals surface area contributed by atoms with Gasteiger partial charge in [-0.05, 0) is 12.8 Å². The number of amides is 1. The Morgan fingerprint density at radius 2 is 0.451 bits per heavy atom. The molecule has 0 heterocycles. The molecule has 0 aliphatic carbocycles. The number of unbranched alkanes of at least 4 members (excludes halogenated alkanes) is 57. The van der Waals surface area contributed by atoms with Gasteiger partial charge >= 0.3 is 0 Å². The van der Waals surface area contributed by atoms with Gasteiger partial charge in [0.2, 0.25) is 5.91 Å². The topological polar surface area (TPSA) is 69.6 Å². The van der Waals surface area contributed by atoms with Gasteiger partial charge in [0.15, 0.2) is 0 Å². The van der Waals surface area contributed by atoms with E-state index in [-0.39, 0.29) is 12.5 Å². The lowest BCUT2D eigenvalue weighted by atomic mass is 10.0. The van der Waals surface area contributed by atoms with Gasteiger partial charge in [0.1, 0.15) is 0 Å². The van der Waals surface area contributed by atoms with Crippen LogP contribution in [-0.2, 0) is 4.79 Å². The summed E-state index contributed by atoms with van der Waals surface area (Å²) in [6, 6.07) is -0.532. The molecule has 2 unspecified atom stereocenters. The van der Waals surface area contributed by atoms with Gasteiger partial charge < -0.3 is 15.5 Å². The van der Waals surface area contributed by atoms with E-state index in [9.17, 15) is 15.0 Å². The minimum atomic E-state index is -0.656. The number of nitrogens with one attached hydrogen (secondary N) is 1. The van der Waals surface area contributed by atoms with Gasteiger partial charge in [-0.1, -0.05) is 386 Å². The molecule has 0 aromatic rings. The molecule has 0 aliphatic heterocycles. The van der Waals surface area contributed by atoms with Gasteiger partial charge in [0.25, 0.3) is 0 Å². The standard InChI is InChI=1S/C67H135NO3/c1-3-5-7-9-11-13-15-17-19-21-23-25-26-27-28-29-30-31-32-33-34-35-36-37-38-39-40-41-43-45-47-49-51-53-55-57-59-61-63-67(71)68-65(64-69)66(70)62-60-58-56-54-52-50-48-46-44-42-24-22-20-18-16-14-12-10-8-6-4-2/h65-66,69-70H,3-64H2,1-2H3,(H,68,71). The molecule has 0 rings (SSSR count). The van der Waals surface area contributed by atoms with Crippen LogP contribution in [0.5, 0.6) is 0 Å². The quantitative estimate of drug-likeness (QED) is 0.0532. The molecule has 2 atom stereocenters. The number of carbonyl (C=O) groups is 1. The van der Waals surface area contributed by atoms with Crippen LogP contribution >= 0.6 is 0 Å². The minimum absolute atomic E-state index is 0.0201. The zero-order chi connectivity index (χ0) is 51.3. The normalized spacial score (nSPS) is 12.6. The zero-order valence-corrected chi connectivity index (χ0v) is 49.3. The first-order valence-electron chi connectivity index (χ1n) is 33.7. The summed E-state index contributed by atoms with van der Waals surface area (Å²) >= 11 is 0. The van der Waals surface area contributed by atoms with Gasteiger partial charge in [-0.15, -0.1) is 0 Å². The molecule has 4 nitrogen and oxygen atoms in total. The molecule has 0 saturated carbocycles. The van der Waals surface area contributed by atoms with E-state index in [2.05, 4.69) is 19.2 Å². The molecule has 0 aromatic carbocycles. The summed E-state index contributed by atoms with van der Waals surface area (Å²) < 4.78 is 0. The second-order valence-corrected chi connectivity index (χ2v) is 23.6. The van der Waals surface area contributed by atoms with E-state index < -0.39 is 12.1 Å². The largest absolute Gasteiger partial charge is 0.394 e. The van der Waals surface area contributed by atoms with Crippen LogP contribution in [0.3, 0.4) is 0 Å². The molecule has 0 spiro atoms. The van der Waals surface area contributed by atoms with Crippen LogP contribution in [0.25, 0.3) is 0 Å². The fraction of sp³-hybridized carbons (Fsp3) is 0.985. The Balaban J connectivity index is 3.33. The van der Waals surface area contributed by atoms with E-state index >= 15 is 0 Å². The lowest BCUT2D eigenvalue weighted by Gasteiger charge is -2.22. The Hall–Kier alpha value is -0.610. The molecule has 71 heavy (non-hydrogen) atoms. The van der Waals surface area contributed by atoms with E-state index in [0.29, 0.717) is 12.8 Å². The van der Waals surface area contributed by atoms with Crippen molar-refractivity contribution in [2.24, 2.45) is 0 Å². The summed E-state index contributed by atoms with van der Waals surface area (Å²) in [4.78, 5) is 12.5. The van der Waals surface area contributed by atoms with Gasteiger partial charge in [0.05, 0.1) is 18.8 Å². The molecule has 3 N–H and O–H groups in total. The molecule has 0 radical (unpaired) electrons.